The molecule has 0 bridgehead atoms. The summed E-state index contributed by atoms with van der Waals surface area (Å²) in [6.45, 7) is 0.868. The number of imide groups is 1. The molecule has 1 fully saturated rings. The zero-order chi connectivity index (χ0) is 22.4. The molecule has 1 aromatic carbocycles. The van der Waals surface area contributed by atoms with Crippen molar-refractivity contribution in [3.63, 3.8) is 0 Å². The number of aromatic hydroxyl groups is 1. The van der Waals surface area contributed by atoms with Crippen LogP contribution in [-0.4, -0.2) is 58.4 Å². The summed E-state index contributed by atoms with van der Waals surface area (Å²) >= 11 is 1.35. The number of thiophene rings is 1. The van der Waals surface area contributed by atoms with Crippen LogP contribution in [0.2, 0.25) is 0 Å². The summed E-state index contributed by atoms with van der Waals surface area (Å²) in [4.78, 5) is 39.4. The van der Waals surface area contributed by atoms with Crippen LogP contribution in [0.3, 0.4) is 0 Å². The molecule has 1 saturated heterocycles. The standard InChI is InChI=1S/C22H22N2O7S/c25-11-4-5-13-14(7-11)21(27)24(20(13)26)9-12-8-15-16(10-31-12)32-19(18(15)22(28)29)23-17-3-1-2-6-30-17/h4-5,7,12,17,23,25H,1-3,6,8-10H2,(H,28,29). The van der Waals surface area contributed by atoms with Gasteiger partial charge in [-0.3, -0.25) is 14.5 Å². The Hall–Kier alpha value is -2.95. The third-order valence-electron chi connectivity index (χ3n) is 6.00. The number of amides is 2. The minimum Gasteiger partial charge on any atom is -0.508 e. The second kappa shape index (κ2) is 8.19. The van der Waals surface area contributed by atoms with E-state index in [1.165, 1.54) is 29.5 Å². The molecule has 0 spiro atoms. The Balaban J connectivity index is 1.35. The first kappa shape index (κ1) is 20.9. The van der Waals surface area contributed by atoms with Gasteiger partial charge in [0.1, 0.15) is 17.0 Å². The maximum Gasteiger partial charge on any atom is 0.338 e. The number of anilines is 1. The fraction of sp³-hybridized carbons (Fsp3) is 0.409. The highest BCUT2D eigenvalue weighted by Gasteiger charge is 2.39. The van der Waals surface area contributed by atoms with E-state index < -0.39 is 23.9 Å². The molecule has 2 atom stereocenters. The van der Waals surface area contributed by atoms with Gasteiger partial charge >= 0.3 is 5.97 Å². The molecule has 2 unspecified atom stereocenters. The maximum absolute atomic E-state index is 12.7. The molecular formula is C22H22N2O7S. The molecule has 3 aliphatic rings. The van der Waals surface area contributed by atoms with E-state index >= 15 is 0 Å². The Morgan fingerprint density at radius 1 is 1.19 bits per heavy atom. The van der Waals surface area contributed by atoms with Gasteiger partial charge in [-0.15, -0.1) is 11.3 Å². The molecule has 32 heavy (non-hydrogen) atoms. The van der Waals surface area contributed by atoms with Crippen molar-refractivity contribution < 1.29 is 34.1 Å². The van der Waals surface area contributed by atoms with E-state index in [0.717, 1.165) is 29.0 Å². The molecule has 2 amide bonds. The van der Waals surface area contributed by atoms with Crippen LogP contribution in [0.4, 0.5) is 5.00 Å². The van der Waals surface area contributed by atoms with E-state index in [4.69, 9.17) is 9.47 Å². The molecule has 2 aromatic rings. The predicted octanol–water partition coefficient (Wildman–Crippen LogP) is 2.83. The molecular weight excluding hydrogens is 436 g/mol. The van der Waals surface area contributed by atoms with Crippen LogP contribution in [-0.2, 0) is 22.5 Å². The van der Waals surface area contributed by atoms with Crippen molar-refractivity contribution >= 4 is 34.1 Å². The zero-order valence-corrected chi connectivity index (χ0v) is 17.9. The molecule has 0 radical (unpaired) electrons. The number of carboxylic acids is 1. The largest absolute Gasteiger partial charge is 0.508 e. The van der Waals surface area contributed by atoms with Gasteiger partial charge < -0.3 is 25.0 Å². The number of aromatic carboxylic acids is 1. The van der Waals surface area contributed by atoms with Gasteiger partial charge in [-0.2, -0.15) is 0 Å². The Labute approximate surface area is 187 Å². The van der Waals surface area contributed by atoms with Gasteiger partial charge in [0.25, 0.3) is 11.8 Å². The van der Waals surface area contributed by atoms with Crippen molar-refractivity contribution in [2.24, 2.45) is 0 Å². The van der Waals surface area contributed by atoms with Crippen LogP contribution in [0.15, 0.2) is 18.2 Å². The minimum absolute atomic E-state index is 0.00987. The number of fused-ring (bicyclic) bond motifs is 2. The van der Waals surface area contributed by atoms with Gasteiger partial charge in [0.15, 0.2) is 0 Å². The molecule has 168 valence electrons. The maximum atomic E-state index is 12.7. The van der Waals surface area contributed by atoms with Crippen molar-refractivity contribution in [2.45, 2.75) is 44.6 Å². The SMILES string of the molecule is O=C(O)c1c(NC2CCCCO2)sc2c1CC(CN1C(=O)c3ccc(O)cc3C1=O)OC2. The van der Waals surface area contributed by atoms with Crippen molar-refractivity contribution in [1.82, 2.24) is 4.90 Å². The normalized spacial score (nSPS) is 22.6. The number of ether oxygens (including phenoxy) is 2. The number of carbonyl (C=O) groups excluding carboxylic acids is 2. The monoisotopic (exact) mass is 458 g/mol. The number of nitrogens with one attached hydrogen (secondary N) is 1. The lowest BCUT2D eigenvalue weighted by Crippen LogP contribution is -2.40. The summed E-state index contributed by atoms with van der Waals surface area (Å²) in [6.07, 6.45) is 2.37. The highest BCUT2D eigenvalue weighted by Crippen LogP contribution is 2.39. The molecule has 3 N–H and O–H groups in total. The van der Waals surface area contributed by atoms with Crippen LogP contribution in [0.1, 0.15) is 60.8 Å². The number of benzene rings is 1. The number of phenols is 1. The summed E-state index contributed by atoms with van der Waals surface area (Å²) in [6, 6.07) is 4.07. The van der Waals surface area contributed by atoms with Gasteiger partial charge in [-0.25, -0.2) is 4.79 Å². The summed E-state index contributed by atoms with van der Waals surface area (Å²) in [5, 5.41) is 23.3. The first-order chi connectivity index (χ1) is 15.4. The van der Waals surface area contributed by atoms with Crippen LogP contribution < -0.4 is 5.32 Å². The molecule has 0 aliphatic carbocycles. The number of hydrogen-bond acceptors (Lipinski definition) is 8. The van der Waals surface area contributed by atoms with E-state index in [-0.39, 0.29) is 48.2 Å². The summed E-state index contributed by atoms with van der Waals surface area (Å²) < 4.78 is 11.6. The van der Waals surface area contributed by atoms with Gasteiger partial charge in [-0.05, 0) is 43.0 Å². The Morgan fingerprint density at radius 3 is 2.75 bits per heavy atom. The quantitative estimate of drug-likeness (QED) is 0.584. The van der Waals surface area contributed by atoms with Gasteiger partial charge in [0.05, 0.1) is 35.9 Å². The van der Waals surface area contributed by atoms with Crippen LogP contribution >= 0.6 is 11.3 Å². The summed E-state index contributed by atoms with van der Waals surface area (Å²) in [5.74, 6) is -2.05. The fourth-order valence-electron chi connectivity index (χ4n) is 4.42. The van der Waals surface area contributed by atoms with Crippen molar-refractivity contribution in [3.8, 4) is 5.75 Å². The zero-order valence-electron chi connectivity index (χ0n) is 17.1. The summed E-state index contributed by atoms with van der Waals surface area (Å²) in [5.41, 5.74) is 1.28. The van der Waals surface area contributed by atoms with Gasteiger partial charge in [-0.1, -0.05) is 0 Å². The van der Waals surface area contributed by atoms with Crippen LogP contribution in [0.5, 0.6) is 5.75 Å². The molecule has 9 nitrogen and oxygen atoms in total. The first-order valence-electron chi connectivity index (χ1n) is 10.5. The predicted molar refractivity (Wildman–Crippen MR) is 114 cm³/mol. The topological polar surface area (TPSA) is 125 Å². The average Bonchev–Trinajstić information content (AvgIpc) is 3.24. The van der Waals surface area contributed by atoms with Crippen molar-refractivity contribution in [1.29, 1.82) is 0 Å². The molecule has 4 heterocycles. The number of hydrogen-bond donors (Lipinski definition) is 3. The molecule has 1 aromatic heterocycles. The highest BCUT2D eigenvalue weighted by molar-refractivity contribution is 7.16. The van der Waals surface area contributed by atoms with E-state index in [1.807, 2.05) is 0 Å². The Kier molecular flexibility index (Phi) is 5.36. The Morgan fingerprint density at radius 2 is 2.00 bits per heavy atom. The van der Waals surface area contributed by atoms with Crippen molar-refractivity contribution in [2.75, 3.05) is 18.5 Å². The number of carbonyl (C=O) groups is 3. The average molecular weight is 458 g/mol. The van der Waals surface area contributed by atoms with E-state index in [2.05, 4.69) is 5.32 Å². The second-order valence-corrected chi connectivity index (χ2v) is 9.21. The molecule has 10 heteroatoms. The van der Waals surface area contributed by atoms with Gasteiger partial charge in [0, 0.05) is 17.9 Å². The van der Waals surface area contributed by atoms with Crippen LogP contribution in [0.25, 0.3) is 0 Å². The third-order valence-corrected chi connectivity index (χ3v) is 7.14. The molecule has 5 rings (SSSR count). The highest BCUT2D eigenvalue weighted by atomic mass is 32.1. The van der Waals surface area contributed by atoms with Crippen LogP contribution in [0, 0.1) is 0 Å². The van der Waals surface area contributed by atoms with Gasteiger partial charge in [0.2, 0.25) is 0 Å². The lowest BCUT2D eigenvalue weighted by molar-refractivity contribution is 0.00931. The number of phenolic OH excluding ortho intramolecular Hbond substituents is 1. The molecule has 0 saturated carbocycles. The number of nitrogens with zero attached hydrogens (tertiary/aromatic N) is 1. The van der Waals surface area contributed by atoms with Crippen molar-refractivity contribution in [3.05, 3.63) is 45.3 Å². The summed E-state index contributed by atoms with van der Waals surface area (Å²) in [7, 11) is 0. The van der Waals surface area contributed by atoms with E-state index in [1.54, 1.807) is 0 Å². The lowest BCUT2D eigenvalue weighted by Gasteiger charge is -2.26. The molecule has 3 aliphatic heterocycles. The number of carboxylic acid groups (broad SMARTS) is 1. The fourth-order valence-corrected chi connectivity index (χ4v) is 5.60. The lowest BCUT2D eigenvalue weighted by atomic mass is 10.0. The Bertz CT molecular complexity index is 1110. The van der Waals surface area contributed by atoms with E-state index in [0.29, 0.717) is 17.2 Å². The second-order valence-electron chi connectivity index (χ2n) is 8.10. The first-order valence-corrected chi connectivity index (χ1v) is 11.3. The third kappa shape index (κ3) is 3.64. The smallest absolute Gasteiger partial charge is 0.338 e. The number of rotatable bonds is 5. The minimum atomic E-state index is -1.03. The van der Waals surface area contributed by atoms with E-state index in [9.17, 15) is 24.6 Å².